The van der Waals surface area contributed by atoms with Crippen LogP contribution < -0.4 is 0 Å². The lowest BCUT2D eigenvalue weighted by Crippen LogP contribution is -2.21. The summed E-state index contributed by atoms with van der Waals surface area (Å²) in [4.78, 5) is 21.9. The molecular formula is C26H31N3O3. The van der Waals surface area contributed by atoms with Crippen molar-refractivity contribution in [2.24, 2.45) is 0 Å². The second-order valence-corrected chi connectivity index (χ2v) is 7.71. The van der Waals surface area contributed by atoms with Gasteiger partial charge in [-0.15, -0.1) is 0 Å². The van der Waals surface area contributed by atoms with E-state index in [4.69, 9.17) is 0 Å². The molecule has 4 aromatic rings. The van der Waals surface area contributed by atoms with Crippen molar-refractivity contribution >= 4 is 27.8 Å². The molecule has 168 valence electrons. The minimum absolute atomic E-state index is 0.0939. The number of carboxylic acids is 1. The molecule has 6 heteroatoms. The number of aromatic nitrogens is 2. The zero-order valence-electron chi connectivity index (χ0n) is 19.1. The fourth-order valence-electron chi connectivity index (χ4n) is 3.94. The Hall–Kier alpha value is -3.38. The number of aromatic carboxylic acids is 1. The summed E-state index contributed by atoms with van der Waals surface area (Å²) < 4.78 is 0. The molecule has 2 aromatic heterocycles. The Bertz CT molecular complexity index is 1220. The van der Waals surface area contributed by atoms with Crippen LogP contribution in [0.15, 0.2) is 48.7 Å². The van der Waals surface area contributed by atoms with E-state index in [0.29, 0.717) is 23.0 Å². The quantitative estimate of drug-likeness (QED) is 0.380. The summed E-state index contributed by atoms with van der Waals surface area (Å²) in [6, 6.07) is 13.2. The molecule has 0 bridgehead atoms. The van der Waals surface area contributed by atoms with Crippen LogP contribution in [0.25, 0.3) is 21.8 Å². The highest BCUT2D eigenvalue weighted by Crippen LogP contribution is 2.32. The lowest BCUT2D eigenvalue weighted by Gasteiger charge is -2.13. The first-order chi connectivity index (χ1) is 15.4. The molecule has 0 aliphatic carbocycles. The highest BCUT2D eigenvalue weighted by atomic mass is 16.4. The molecule has 2 heterocycles. The van der Waals surface area contributed by atoms with Crippen molar-refractivity contribution in [1.29, 1.82) is 0 Å². The second-order valence-electron chi connectivity index (χ2n) is 7.71. The number of fused-ring (bicyclic) bond motifs is 2. The third-order valence-corrected chi connectivity index (χ3v) is 5.85. The van der Waals surface area contributed by atoms with E-state index >= 15 is 0 Å². The summed E-state index contributed by atoms with van der Waals surface area (Å²) in [7, 11) is 0. The van der Waals surface area contributed by atoms with Gasteiger partial charge in [0.05, 0.1) is 11.2 Å². The number of hydrogen-bond donors (Lipinski definition) is 3. The van der Waals surface area contributed by atoms with Gasteiger partial charge in [-0.1, -0.05) is 57.2 Å². The summed E-state index contributed by atoms with van der Waals surface area (Å²) in [5, 5.41) is 21.6. The molecular weight excluding hydrogens is 402 g/mol. The van der Waals surface area contributed by atoms with Crippen LogP contribution in [-0.4, -0.2) is 50.7 Å². The molecule has 32 heavy (non-hydrogen) atoms. The molecule has 0 aliphatic rings. The Labute approximate surface area is 188 Å². The number of aryl methyl sites for hydroxylation is 1. The number of carbonyl (C=O) groups is 1. The number of nitrogens with zero attached hydrogens (tertiary/aromatic N) is 2. The van der Waals surface area contributed by atoms with E-state index in [9.17, 15) is 15.0 Å². The summed E-state index contributed by atoms with van der Waals surface area (Å²) in [5.74, 6) is -1.42. The zero-order chi connectivity index (χ0) is 23.3. The van der Waals surface area contributed by atoms with Crippen molar-refractivity contribution in [3.8, 4) is 5.75 Å². The minimum atomic E-state index is -1.16. The Kier molecular flexibility index (Phi) is 7.49. The molecule has 0 amide bonds. The number of H-pyrrole nitrogens is 1. The van der Waals surface area contributed by atoms with Gasteiger partial charge in [0.2, 0.25) is 0 Å². The molecule has 0 saturated carbocycles. The maximum atomic E-state index is 11.7. The van der Waals surface area contributed by atoms with Crippen LogP contribution in [0.3, 0.4) is 0 Å². The van der Waals surface area contributed by atoms with Gasteiger partial charge in [0.15, 0.2) is 5.75 Å². The molecule has 0 atom stereocenters. The average molecular weight is 434 g/mol. The van der Waals surface area contributed by atoms with Gasteiger partial charge >= 0.3 is 5.97 Å². The van der Waals surface area contributed by atoms with Crippen LogP contribution in [0.5, 0.6) is 5.75 Å². The van der Waals surface area contributed by atoms with Gasteiger partial charge in [0.1, 0.15) is 5.56 Å². The normalized spacial score (nSPS) is 11.0. The second kappa shape index (κ2) is 10.3. The number of pyridine rings is 1. The topological polar surface area (TPSA) is 89.5 Å². The summed E-state index contributed by atoms with van der Waals surface area (Å²) in [5.41, 5.74) is 3.70. The van der Waals surface area contributed by atoms with Crippen molar-refractivity contribution in [1.82, 2.24) is 14.9 Å². The predicted octanol–water partition coefficient (Wildman–Crippen LogP) is 5.37. The molecule has 0 spiro atoms. The van der Waals surface area contributed by atoms with Crippen molar-refractivity contribution in [2.75, 3.05) is 19.6 Å². The third-order valence-electron chi connectivity index (χ3n) is 5.85. The number of hydrogen-bond acceptors (Lipinski definition) is 4. The molecule has 0 unspecified atom stereocenters. The number of para-hydroxylation sites is 2. The van der Waals surface area contributed by atoms with E-state index in [-0.39, 0.29) is 11.3 Å². The molecule has 0 radical (unpaired) electrons. The van der Waals surface area contributed by atoms with Crippen molar-refractivity contribution in [2.45, 2.75) is 34.1 Å². The molecule has 0 fully saturated rings. The minimum Gasteiger partial charge on any atom is -0.505 e. The van der Waals surface area contributed by atoms with E-state index in [0.717, 1.165) is 22.0 Å². The summed E-state index contributed by atoms with van der Waals surface area (Å²) >= 11 is 0. The smallest absolute Gasteiger partial charge is 0.340 e. The van der Waals surface area contributed by atoms with Crippen LogP contribution in [0, 0.1) is 6.92 Å². The van der Waals surface area contributed by atoms with Crippen LogP contribution in [0.4, 0.5) is 0 Å². The van der Waals surface area contributed by atoms with Gasteiger partial charge in [0, 0.05) is 28.9 Å². The number of benzene rings is 2. The molecule has 2 aromatic carbocycles. The number of nitrogens with one attached hydrogen (secondary N) is 1. The first-order valence-electron chi connectivity index (χ1n) is 11.0. The SMILES string of the molecule is CCN(CC)CC.Cc1cccc2c(C(=O)O)c(O)c(Cc3c[nH]c4ccccc34)nc12. The summed E-state index contributed by atoms with van der Waals surface area (Å²) in [6.45, 7) is 12.0. The number of carboxylic acid groups (broad SMARTS) is 1. The van der Waals surface area contributed by atoms with E-state index in [1.54, 1.807) is 12.1 Å². The molecule has 0 saturated heterocycles. The van der Waals surface area contributed by atoms with Gasteiger partial charge in [-0.25, -0.2) is 9.78 Å². The zero-order valence-corrected chi connectivity index (χ0v) is 19.1. The largest absolute Gasteiger partial charge is 0.505 e. The Morgan fingerprint density at radius 2 is 1.66 bits per heavy atom. The van der Waals surface area contributed by atoms with Crippen LogP contribution in [0.2, 0.25) is 0 Å². The molecule has 4 rings (SSSR count). The maximum Gasteiger partial charge on any atom is 0.340 e. The fraction of sp³-hybridized carbons (Fsp3) is 0.308. The average Bonchev–Trinajstić information content (AvgIpc) is 3.19. The van der Waals surface area contributed by atoms with Crippen LogP contribution in [-0.2, 0) is 6.42 Å². The van der Waals surface area contributed by atoms with Crippen LogP contribution in [0.1, 0.15) is 48.0 Å². The van der Waals surface area contributed by atoms with Crippen molar-refractivity contribution < 1.29 is 15.0 Å². The van der Waals surface area contributed by atoms with E-state index in [1.807, 2.05) is 43.5 Å². The first-order valence-corrected chi connectivity index (χ1v) is 11.0. The highest BCUT2D eigenvalue weighted by molar-refractivity contribution is 6.06. The third kappa shape index (κ3) is 4.75. The summed E-state index contributed by atoms with van der Waals surface area (Å²) in [6.07, 6.45) is 2.22. The first kappa shape index (κ1) is 23.3. The maximum absolute atomic E-state index is 11.7. The Morgan fingerprint density at radius 1 is 1.00 bits per heavy atom. The van der Waals surface area contributed by atoms with Crippen molar-refractivity contribution in [3.05, 3.63) is 71.0 Å². The molecule has 0 aliphatic heterocycles. The van der Waals surface area contributed by atoms with Gasteiger partial charge in [-0.05, 0) is 43.8 Å². The number of aromatic hydroxyl groups is 1. The number of aromatic amines is 1. The van der Waals surface area contributed by atoms with Gasteiger partial charge < -0.3 is 20.1 Å². The Morgan fingerprint density at radius 3 is 2.28 bits per heavy atom. The lowest BCUT2D eigenvalue weighted by atomic mass is 10.0. The van der Waals surface area contributed by atoms with E-state index in [2.05, 4.69) is 35.6 Å². The molecule has 6 nitrogen and oxygen atoms in total. The van der Waals surface area contributed by atoms with Gasteiger partial charge in [-0.3, -0.25) is 0 Å². The van der Waals surface area contributed by atoms with Gasteiger partial charge in [0.25, 0.3) is 0 Å². The van der Waals surface area contributed by atoms with Crippen LogP contribution >= 0.6 is 0 Å². The predicted molar refractivity (Wildman–Crippen MR) is 130 cm³/mol. The standard InChI is InChI=1S/C20H16N2O3.C6H15N/c1-11-5-4-7-14-17(20(24)25)19(23)16(22-18(11)14)9-12-10-21-15-8-3-2-6-13(12)15;1-4-7(5-2)6-3/h2-8,10,21,23H,9H2,1H3,(H,24,25);4-6H2,1-3H3. The Balaban J connectivity index is 0.000000360. The lowest BCUT2D eigenvalue weighted by molar-refractivity contribution is 0.0695. The molecule has 3 N–H and O–H groups in total. The highest BCUT2D eigenvalue weighted by Gasteiger charge is 2.21. The van der Waals surface area contributed by atoms with E-state index < -0.39 is 5.97 Å². The van der Waals surface area contributed by atoms with Gasteiger partial charge in [-0.2, -0.15) is 0 Å². The van der Waals surface area contributed by atoms with Crippen molar-refractivity contribution in [3.63, 3.8) is 0 Å². The van der Waals surface area contributed by atoms with E-state index in [1.165, 1.54) is 19.6 Å². The number of rotatable bonds is 6. The fourth-order valence-corrected chi connectivity index (χ4v) is 3.94. The monoisotopic (exact) mass is 433 g/mol.